The zero-order chi connectivity index (χ0) is 15.5. The van der Waals surface area contributed by atoms with Crippen molar-refractivity contribution < 1.29 is 17.6 Å². The Bertz CT molecular complexity index is 689. The Morgan fingerprint density at radius 1 is 1.14 bits per heavy atom. The van der Waals surface area contributed by atoms with E-state index < -0.39 is 16.1 Å². The van der Waals surface area contributed by atoms with Crippen LogP contribution < -0.4 is 4.72 Å². The minimum Gasteiger partial charge on any atom is -0.465 e. The minimum absolute atomic E-state index is 0.193. The molecular formula is C15H19NO4S. The summed E-state index contributed by atoms with van der Waals surface area (Å²) in [5.74, 6) is 1.26. The molecule has 114 valence electrons. The van der Waals surface area contributed by atoms with E-state index in [9.17, 15) is 8.42 Å². The van der Waals surface area contributed by atoms with Crippen LogP contribution in [0.4, 0.5) is 0 Å². The lowest BCUT2D eigenvalue weighted by atomic mass is 10.2. The van der Waals surface area contributed by atoms with E-state index in [1.807, 2.05) is 13.8 Å². The van der Waals surface area contributed by atoms with Gasteiger partial charge in [0.05, 0.1) is 11.5 Å². The van der Waals surface area contributed by atoms with E-state index in [1.54, 1.807) is 36.4 Å². The molecule has 21 heavy (non-hydrogen) atoms. The van der Waals surface area contributed by atoms with Gasteiger partial charge in [-0.05, 0) is 38.1 Å². The highest BCUT2D eigenvalue weighted by atomic mass is 32.2. The first kappa shape index (κ1) is 15.8. The molecule has 0 saturated carbocycles. The Morgan fingerprint density at radius 3 is 2.33 bits per heavy atom. The molecule has 0 spiro atoms. The predicted octanol–water partition coefficient (Wildman–Crippen LogP) is 2.56. The molecule has 6 heteroatoms. The maximum absolute atomic E-state index is 12.4. The molecule has 0 aliphatic heterocycles. The largest absolute Gasteiger partial charge is 0.465 e. The van der Waals surface area contributed by atoms with Crippen molar-refractivity contribution in [2.24, 2.45) is 0 Å². The number of sulfonamides is 1. The van der Waals surface area contributed by atoms with E-state index in [4.69, 9.17) is 9.15 Å². The van der Waals surface area contributed by atoms with Crippen molar-refractivity contribution in [3.05, 3.63) is 53.5 Å². The predicted molar refractivity (Wildman–Crippen MR) is 79.6 cm³/mol. The first-order valence-electron chi connectivity index (χ1n) is 6.56. The van der Waals surface area contributed by atoms with Crippen LogP contribution in [0.3, 0.4) is 0 Å². The fourth-order valence-electron chi connectivity index (χ4n) is 1.95. The number of hydrogen-bond acceptors (Lipinski definition) is 4. The quantitative estimate of drug-likeness (QED) is 0.890. The standard InChI is InChI=1S/C15H19NO4S/c1-11-4-7-13(8-5-11)21(17,18)16-14(10-19-3)15-9-6-12(2)20-15/h4-9,14,16H,10H2,1-3H3/t14-/m1/s1. The summed E-state index contributed by atoms with van der Waals surface area (Å²) < 4.78 is 38.0. The van der Waals surface area contributed by atoms with Gasteiger partial charge < -0.3 is 9.15 Å². The van der Waals surface area contributed by atoms with Crippen LogP contribution in [0, 0.1) is 13.8 Å². The first-order valence-corrected chi connectivity index (χ1v) is 8.05. The lowest BCUT2D eigenvalue weighted by Crippen LogP contribution is -2.31. The highest BCUT2D eigenvalue weighted by Gasteiger charge is 2.23. The van der Waals surface area contributed by atoms with Gasteiger partial charge in [-0.3, -0.25) is 0 Å². The van der Waals surface area contributed by atoms with Crippen LogP contribution in [-0.4, -0.2) is 22.1 Å². The van der Waals surface area contributed by atoms with Crippen molar-refractivity contribution in [3.8, 4) is 0 Å². The SMILES string of the molecule is COC[C@@H](NS(=O)(=O)c1ccc(C)cc1)c1ccc(C)o1. The maximum Gasteiger partial charge on any atom is 0.241 e. The molecule has 1 heterocycles. The number of aryl methyl sites for hydroxylation is 2. The molecule has 0 fully saturated rings. The highest BCUT2D eigenvalue weighted by Crippen LogP contribution is 2.20. The van der Waals surface area contributed by atoms with Crippen LogP contribution in [0.5, 0.6) is 0 Å². The Hall–Kier alpha value is -1.63. The second-order valence-corrected chi connectivity index (χ2v) is 6.60. The van der Waals surface area contributed by atoms with Gasteiger partial charge in [-0.1, -0.05) is 17.7 Å². The van der Waals surface area contributed by atoms with Crippen molar-refractivity contribution in [1.82, 2.24) is 4.72 Å². The summed E-state index contributed by atoms with van der Waals surface area (Å²) in [5.41, 5.74) is 1.00. The third-order valence-electron chi connectivity index (χ3n) is 3.07. The number of rotatable bonds is 6. The summed E-state index contributed by atoms with van der Waals surface area (Å²) in [5, 5.41) is 0. The van der Waals surface area contributed by atoms with E-state index in [1.165, 1.54) is 7.11 Å². The zero-order valence-electron chi connectivity index (χ0n) is 12.3. The third-order valence-corrected chi connectivity index (χ3v) is 4.55. The van der Waals surface area contributed by atoms with Gasteiger partial charge in [0.25, 0.3) is 0 Å². The molecular weight excluding hydrogens is 290 g/mol. The molecule has 0 aliphatic carbocycles. The van der Waals surface area contributed by atoms with Gasteiger partial charge in [0.1, 0.15) is 17.6 Å². The number of hydrogen-bond donors (Lipinski definition) is 1. The normalized spacial score (nSPS) is 13.3. The number of ether oxygens (including phenoxy) is 1. The van der Waals surface area contributed by atoms with Crippen molar-refractivity contribution in [3.63, 3.8) is 0 Å². The number of nitrogens with one attached hydrogen (secondary N) is 1. The molecule has 1 atom stereocenters. The Kier molecular flexibility index (Phi) is 4.82. The molecule has 0 bridgehead atoms. The maximum atomic E-state index is 12.4. The van der Waals surface area contributed by atoms with Crippen LogP contribution in [-0.2, 0) is 14.8 Å². The van der Waals surface area contributed by atoms with Gasteiger partial charge >= 0.3 is 0 Å². The van der Waals surface area contributed by atoms with Crippen LogP contribution >= 0.6 is 0 Å². The summed E-state index contributed by atoms with van der Waals surface area (Å²) >= 11 is 0. The van der Waals surface area contributed by atoms with Crippen LogP contribution in [0.1, 0.15) is 23.1 Å². The van der Waals surface area contributed by atoms with Gasteiger partial charge in [0, 0.05) is 7.11 Å². The van der Waals surface area contributed by atoms with Gasteiger partial charge in [0.2, 0.25) is 10.0 Å². The van der Waals surface area contributed by atoms with Gasteiger partial charge in [-0.25, -0.2) is 8.42 Å². The second kappa shape index (κ2) is 6.43. The molecule has 2 aromatic rings. The number of methoxy groups -OCH3 is 1. The van der Waals surface area contributed by atoms with Crippen molar-refractivity contribution >= 4 is 10.0 Å². The smallest absolute Gasteiger partial charge is 0.241 e. The van der Waals surface area contributed by atoms with Crippen LogP contribution in [0.2, 0.25) is 0 Å². The average Bonchev–Trinajstić information content (AvgIpc) is 2.85. The van der Waals surface area contributed by atoms with Gasteiger partial charge in [-0.2, -0.15) is 4.72 Å². The van der Waals surface area contributed by atoms with E-state index in [2.05, 4.69) is 4.72 Å². The average molecular weight is 309 g/mol. The lowest BCUT2D eigenvalue weighted by molar-refractivity contribution is 0.166. The number of benzene rings is 1. The summed E-state index contributed by atoms with van der Waals surface area (Å²) in [7, 11) is -2.11. The molecule has 2 rings (SSSR count). The molecule has 5 nitrogen and oxygen atoms in total. The van der Waals surface area contributed by atoms with Crippen molar-refractivity contribution in [2.45, 2.75) is 24.8 Å². The van der Waals surface area contributed by atoms with Crippen LogP contribution in [0.15, 0.2) is 45.7 Å². The Balaban J connectivity index is 2.25. The van der Waals surface area contributed by atoms with Gasteiger partial charge in [0.15, 0.2) is 0 Å². The van der Waals surface area contributed by atoms with E-state index in [-0.39, 0.29) is 11.5 Å². The molecule has 1 N–H and O–H groups in total. The summed E-state index contributed by atoms with van der Waals surface area (Å²) in [4.78, 5) is 0.220. The first-order chi connectivity index (χ1) is 9.92. The molecule has 1 aromatic heterocycles. The summed E-state index contributed by atoms with van der Waals surface area (Å²) in [6, 6.07) is 9.65. The number of furan rings is 1. The zero-order valence-corrected chi connectivity index (χ0v) is 13.1. The molecule has 0 amide bonds. The lowest BCUT2D eigenvalue weighted by Gasteiger charge is -2.16. The molecule has 0 aliphatic rings. The van der Waals surface area contributed by atoms with Crippen molar-refractivity contribution in [2.75, 3.05) is 13.7 Å². The van der Waals surface area contributed by atoms with E-state index in [0.29, 0.717) is 5.76 Å². The Morgan fingerprint density at radius 2 is 1.81 bits per heavy atom. The van der Waals surface area contributed by atoms with E-state index >= 15 is 0 Å². The second-order valence-electron chi connectivity index (χ2n) is 4.89. The highest BCUT2D eigenvalue weighted by molar-refractivity contribution is 7.89. The monoisotopic (exact) mass is 309 g/mol. The summed E-state index contributed by atoms with van der Waals surface area (Å²) in [6.07, 6.45) is 0. The fourth-order valence-corrected chi connectivity index (χ4v) is 3.14. The summed E-state index contributed by atoms with van der Waals surface area (Å²) in [6.45, 7) is 3.91. The van der Waals surface area contributed by atoms with Gasteiger partial charge in [-0.15, -0.1) is 0 Å². The molecule has 0 saturated heterocycles. The molecule has 1 aromatic carbocycles. The van der Waals surface area contributed by atoms with Crippen molar-refractivity contribution in [1.29, 1.82) is 0 Å². The molecule has 0 radical (unpaired) electrons. The Labute approximate surface area is 125 Å². The van der Waals surface area contributed by atoms with Crippen LogP contribution in [0.25, 0.3) is 0 Å². The third kappa shape index (κ3) is 3.93. The topological polar surface area (TPSA) is 68.5 Å². The molecule has 0 unspecified atom stereocenters. The fraction of sp³-hybridized carbons (Fsp3) is 0.333. The van der Waals surface area contributed by atoms with E-state index in [0.717, 1.165) is 11.3 Å². The minimum atomic E-state index is -3.63.